The number of methoxy groups -OCH3 is 6. The predicted molar refractivity (Wildman–Crippen MR) is 490 cm³/mol. The van der Waals surface area contributed by atoms with Crippen molar-refractivity contribution in [1.29, 1.82) is 0 Å². The molecular formula is C108H100F6O18. The number of carbonyl (C=O) groups excluding carboxylic acids is 4. The Balaban J connectivity index is 0.439. The molecule has 2 atom stereocenters. The minimum absolute atomic E-state index is 0.0365. The van der Waals surface area contributed by atoms with Gasteiger partial charge in [0.25, 0.3) is 0 Å². The van der Waals surface area contributed by atoms with E-state index in [0.717, 1.165) is 150 Å². The van der Waals surface area contributed by atoms with Gasteiger partial charge in [-0.1, -0.05) is 151 Å². The number of rotatable bonds is 37. The van der Waals surface area contributed by atoms with Gasteiger partial charge in [-0.25, -0.2) is 26.3 Å². The fourth-order valence-corrected chi connectivity index (χ4v) is 18.6. The normalized spacial score (nSPS) is 15.4. The molecule has 2 heterocycles. The maximum Gasteiger partial charge on any atom is 0.306 e. The van der Waals surface area contributed by atoms with E-state index in [1.807, 2.05) is 158 Å². The van der Waals surface area contributed by atoms with Gasteiger partial charge in [0.15, 0.2) is 69.1 Å². The summed E-state index contributed by atoms with van der Waals surface area (Å²) in [6.07, 6.45) is 14.6. The number of esters is 4. The van der Waals surface area contributed by atoms with Crippen molar-refractivity contribution in [2.75, 3.05) is 82.3 Å². The second-order valence-corrected chi connectivity index (χ2v) is 34.0. The van der Waals surface area contributed by atoms with Crippen LogP contribution in [0, 0.1) is 34.9 Å². The zero-order chi connectivity index (χ0) is 92.9. The first-order valence-corrected chi connectivity index (χ1v) is 44.0. The minimum Gasteiger partial charge on any atom is -0.497 e. The van der Waals surface area contributed by atoms with Gasteiger partial charge in [0.05, 0.1) is 81.6 Å². The Kier molecular flexibility index (Phi) is 26.8. The molecule has 0 radical (unpaired) electrons. The van der Waals surface area contributed by atoms with Crippen molar-refractivity contribution in [3.05, 3.63) is 285 Å². The van der Waals surface area contributed by atoms with E-state index >= 15 is 8.78 Å². The van der Waals surface area contributed by atoms with Crippen LogP contribution in [0.15, 0.2) is 194 Å². The van der Waals surface area contributed by atoms with E-state index < -0.39 is 80.8 Å². The zero-order valence-corrected chi connectivity index (χ0v) is 75.0. The van der Waals surface area contributed by atoms with E-state index in [9.17, 15) is 36.7 Å². The summed E-state index contributed by atoms with van der Waals surface area (Å²) in [7, 11) is 9.46. The second kappa shape index (κ2) is 38.6. The summed E-state index contributed by atoms with van der Waals surface area (Å²) in [6, 6.07) is 53.0. The molecule has 2 aliphatic carbocycles. The lowest BCUT2D eigenvalue weighted by atomic mass is 9.76. The molecular weight excluding hydrogens is 1700 g/mol. The molecule has 0 bridgehead atoms. The van der Waals surface area contributed by atoms with Crippen LogP contribution >= 0.6 is 0 Å². The number of halogens is 6. The lowest BCUT2D eigenvalue weighted by Crippen LogP contribution is -2.35. The van der Waals surface area contributed by atoms with Crippen LogP contribution in [0.3, 0.4) is 0 Å². The Morgan fingerprint density at radius 1 is 0.311 bits per heavy atom. The quantitative estimate of drug-likeness (QED) is 0.0117. The number of unbranched alkanes of at least 4 members (excludes halogenated alkanes) is 7. The molecule has 24 heteroatoms. The predicted octanol–water partition coefficient (Wildman–Crippen LogP) is 23.8. The maximum atomic E-state index is 15.4. The minimum atomic E-state index is -1.54. The summed E-state index contributed by atoms with van der Waals surface area (Å²) in [5.74, 6) is -4.96. The van der Waals surface area contributed by atoms with Crippen molar-refractivity contribution in [1.82, 2.24) is 0 Å². The monoisotopic (exact) mass is 1800 g/mol. The Bertz CT molecular complexity index is 6100. The van der Waals surface area contributed by atoms with Crippen molar-refractivity contribution in [2.24, 2.45) is 0 Å². The number of hydrogen-bond donors (Lipinski definition) is 0. The number of hydrogen-bond acceptors (Lipinski definition) is 18. The Morgan fingerprint density at radius 3 is 0.939 bits per heavy atom. The Morgan fingerprint density at radius 2 is 0.614 bits per heavy atom. The van der Waals surface area contributed by atoms with E-state index in [1.165, 1.54) is 12.1 Å². The molecule has 682 valence electrons. The lowest BCUT2D eigenvalue weighted by molar-refractivity contribution is -0.150. The van der Waals surface area contributed by atoms with Gasteiger partial charge < -0.3 is 66.3 Å². The molecule has 2 unspecified atom stereocenters. The standard InChI is InChI=1S/C108H100F6O18/c1-105(2)83-57-63(73-39-41-85(109)101(113)99(73)111)19-37-75(83)95-79-59-87(121-7)89(123-9)61-81(79)103-77(97(95)105)47-49-107(131-103,65-21-29-69(119-5)30-22-65)67-25-33-71(34-26-67)125-53-55-129-93(117)45-43-91(115)127-51-17-15-13-11-12-14-16-18-52-128-92(116)44-46-94(118)130-56-54-126-72-35-27-68(28-36-72)108(66-23-31-70(120-6)32-24-66)50-48-78-98-96(80-60-88(122-8)90(124-10)62-82(80)104(78)132-108)76-38-20-64(58-84(76)106(98,3)4)74-40-42-86(110)102(114)100(74)112/h19-42,47-50,57-62H,11-18,43-46,51-56H2,1-10H3. The highest BCUT2D eigenvalue weighted by molar-refractivity contribution is 6.12. The molecule has 4 aliphatic rings. The summed E-state index contributed by atoms with van der Waals surface area (Å²) >= 11 is 0. The van der Waals surface area contributed by atoms with Gasteiger partial charge in [-0.3, -0.25) is 19.2 Å². The largest absolute Gasteiger partial charge is 0.497 e. The Labute approximate surface area is 761 Å². The van der Waals surface area contributed by atoms with Crippen LogP contribution in [0.2, 0.25) is 0 Å². The third-order valence-corrected chi connectivity index (χ3v) is 25.4. The van der Waals surface area contributed by atoms with Crippen LogP contribution in [-0.2, 0) is 60.2 Å². The fourth-order valence-electron chi connectivity index (χ4n) is 18.6. The first-order valence-electron chi connectivity index (χ1n) is 44.0. The van der Waals surface area contributed by atoms with Gasteiger partial charge in [0.1, 0.15) is 60.9 Å². The van der Waals surface area contributed by atoms with Crippen LogP contribution in [0.5, 0.6) is 57.5 Å². The van der Waals surface area contributed by atoms with E-state index in [4.69, 9.17) is 66.3 Å². The van der Waals surface area contributed by atoms with Gasteiger partial charge in [0, 0.05) is 66.1 Å². The third kappa shape index (κ3) is 17.7. The molecule has 12 aromatic carbocycles. The van der Waals surface area contributed by atoms with Crippen molar-refractivity contribution in [2.45, 2.75) is 127 Å². The number of fused-ring (bicyclic) bond motifs is 16. The number of ether oxygens (including phenoxy) is 14. The summed E-state index contributed by atoms with van der Waals surface area (Å²) in [4.78, 5) is 50.7. The molecule has 0 aromatic heterocycles. The smallest absolute Gasteiger partial charge is 0.306 e. The van der Waals surface area contributed by atoms with E-state index in [2.05, 4.69) is 39.8 Å². The molecule has 16 rings (SSSR count). The molecule has 2 aliphatic heterocycles. The van der Waals surface area contributed by atoms with E-state index in [1.54, 1.807) is 54.8 Å². The molecule has 0 spiro atoms. The molecule has 0 saturated carbocycles. The topological polar surface area (TPSA) is 197 Å². The van der Waals surface area contributed by atoms with Crippen LogP contribution in [0.1, 0.15) is 160 Å². The summed E-state index contributed by atoms with van der Waals surface area (Å²) in [5, 5.41) is 3.05. The molecule has 12 aromatic rings. The molecule has 0 fully saturated rings. The second-order valence-electron chi connectivity index (χ2n) is 34.0. The van der Waals surface area contributed by atoms with E-state index in [-0.39, 0.29) is 76.5 Å². The van der Waals surface area contributed by atoms with Crippen LogP contribution < -0.4 is 47.4 Å². The molecule has 0 amide bonds. The zero-order valence-electron chi connectivity index (χ0n) is 75.0. The number of carbonyl (C=O) groups is 4. The molecule has 132 heavy (non-hydrogen) atoms. The molecule has 0 N–H and O–H groups in total. The van der Waals surface area contributed by atoms with Crippen LogP contribution in [0.25, 0.3) is 78.2 Å². The molecule has 18 nitrogen and oxygen atoms in total. The highest BCUT2D eigenvalue weighted by Crippen LogP contribution is 2.63. The van der Waals surface area contributed by atoms with Crippen molar-refractivity contribution >= 4 is 57.6 Å². The summed E-state index contributed by atoms with van der Waals surface area (Å²) in [6.45, 7) is 8.72. The van der Waals surface area contributed by atoms with Crippen LogP contribution in [0.4, 0.5) is 26.3 Å². The van der Waals surface area contributed by atoms with E-state index in [0.29, 0.717) is 81.5 Å². The maximum absolute atomic E-state index is 15.4. The van der Waals surface area contributed by atoms with Crippen molar-refractivity contribution in [3.8, 4) is 102 Å². The van der Waals surface area contributed by atoms with Gasteiger partial charge in [-0.05, 0) is 201 Å². The van der Waals surface area contributed by atoms with Crippen LogP contribution in [-0.4, -0.2) is 106 Å². The summed E-state index contributed by atoms with van der Waals surface area (Å²) < 4.78 is 172. The summed E-state index contributed by atoms with van der Waals surface area (Å²) in [5.41, 5.74) is 8.50. The fraction of sp³-hybridized carbons (Fsp3) is 0.296. The van der Waals surface area contributed by atoms with Gasteiger partial charge >= 0.3 is 23.9 Å². The average Bonchev–Trinajstić information content (AvgIpc) is 1.54. The SMILES string of the molecule is COc1ccc(C2(c3ccc(OCCOC(=O)CCC(=O)OCCCCCCCCCCOC(=O)CCC(=O)OCCOc4ccc(C5(c6ccc(OC)cc6)C=Cc6c7c(c8cc(OC)c(OC)cc8c6O5)-c5ccc(-c6ccc(F)c(F)c6F)cc5C7(C)C)cc4)cc3)C=Cc3c4c(c5cc(OC)c(OC)cc5c3O2)-c2ccc(-c3ccc(F)c(F)c3F)cc2C4(C)C)cc1. The first kappa shape index (κ1) is 91.4. The van der Waals surface area contributed by atoms with Gasteiger partial charge in [0.2, 0.25) is 0 Å². The highest BCUT2D eigenvalue weighted by Gasteiger charge is 2.48. The first-order chi connectivity index (χ1) is 63.8. The van der Waals surface area contributed by atoms with Crippen molar-refractivity contribution < 1.29 is 112 Å². The van der Waals surface area contributed by atoms with Gasteiger partial charge in [-0.2, -0.15) is 0 Å². The van der Waals surface area contributed by atoms with Crippen molar-refractivity contribution in [3.63, 3.8) is 0 Å². The lowest BCUT2D eigenvalue weighted by Gasteiger charge is -2.38. The average molecular weight is 1800 g/mol. The third-order valence-electron chi connectivity index (χ3n) is 25.4. The number of benzene rings is 12. The Hall–Kier alpha value is -13.9. The van der Waals surface area contributed by atoms with Gasteiger partial charge in [-0.15, -0.1) is 0 Å². The highest BCUT2D eigenvalue weighted by atomic mass is 19.2. The molecule has 0 saturated heterocycles.